The summed E-state index contributed by atoms with van der Waals surface area (Å²) in [7, 11) is -1.92. The largest absolute Gasteiger partial charge is 0.410 e. The van der Waals surface area contributed by atoms with Gasteiger partial charge in [-0.2, -0.15) is 0 Å². The Bertz CT molecular complexity index is 329. The summed E-state index contributed by atoms with van der Waals surface area (Å²) in [4.78, 5) is 2.29. The van der Waals surface area contributed by atoms with Gasteiger partial charge in [-0.15, -0.1) is 0 Å². The molecule has 2 N–H and O–H groups in total. The highest BCUT2D eigenvalue weighted by Crippen LogP contribution is 2.40. The van der Waals surface area contributed by atoms with Crippen LogP contribution in [0.25, 0.3) is 0 Å². The van der Waals surface area contributed by atoms with Gasteiger partial charge < -0.3 is 14.6 Å². The predicted molar refractivity (Wildman–Crippen MR) is 78.7 cm³/mol. The molecule has 0 amide bonds. The minimum absolute atomic E-state index is 0.124. The SMILES string of the molecule is CC(C)(C)[Si](C)(C)O[C@H]1[C@H](O)[C@H](O)CN2CCC[C@@H]12. The molecule has 0 aliphatic carbocycles. The minimum atomic E-state index is -1.92. The first-order chi connectivity index (χ1) is 8.63. The van der Waals surface area contributed by atoms with Crippen molar-refractivity contribution in [3.05, 3.63) is 0 Å². The van der Waals surface area contributed by atoms with Crippen molar-refractivity contribution in [2.75, 3.05) is 13.1 Å². The quantitative estimate of drug-likeness (QED) is 0.757. The highest BCUT2D eigenvalue weighted by atomic mass is 28.4. The molecule has 0 aromatic heterocycles. The van der Waals surface area contributed by atoms with Crippen LogP contribution in [0.1, 0.15) is 33.6 Å². The molecule has 2 saturated heterocycles. The van der Waals surface area contributed by atoms with E-state index < -0.39 is 20.5 Å². The van der Waals surface area contributed by atoms with Crippen LogP contribution in [0, 0.1) is 0 Å². The molecule has 0 unspecified atom stereocenters. The van der Waals surface area contributed by atoms with E-state index in [2.05, 4.69) is 38.8 Å². The normalized spacial score (nSPS) is 37.4. The minimum Gasteiger partial charge on any atom is -0.410 e. The number of nitrogens with zero attached hydrogens (tertiary/aromatic N) is 1. The lowest BCUT2D eigenvalue weighted by Gasteiger charge is -2.48. The third-order valence-electron chi connectivity index (χ3n) is 5.18. The van der Waals surface area contributed by atoms with Crippen molar-refractivity contribution in [2.45, 2.75) is 76.1 Å². The van der Waals surface area contributed by atoms with Crippen molar-refractivity contribution in [2.24, 2.45) is 0 Å². The topological polar surface area (TPSA) is 52.9 Å². The van der Waals surface area contributed by atoms with E-state index in [1.54, 1.807) is 0 Å². The summed E-state index contributed by atoms with van der Waals surface area (Å²) in [6.45, 7) is 12.6. The monoisotopic (exact) mass is 287 g/mol. The van der Waals surface area contributed by atoms with Crippen molar-refractivity contribution in [3.8, 4) is 0 Å². The Morgan fingerprint density at radius 3 is 2.42 bits per heavy atom. The number of fused-ring (bicyclic) bond motifs is 1. The number of aliphatic hydroxyl groups excluding tert-OH is 2. The summed E-state index contributed by atoms with van der Waals surface area (Å²) in [5, 5.41) is 20.5. The summed E-state index contributed by atoms with van der Waals surface area (Å²) >= 11 is 0. The van der Waals surface area contributed by atoms with Crippen LogP contribution >= 0.6 is 0 Å². The Morgan fingerprint density at radius 1 is 1.21 bits per heavy atom. The van der Waals surface area contributed by atoms with Gasteiger partial charge in [-0.1, -0.05) is 20.8 Å². The molecule has 0 spiro atoms. The van der Waals surface area contributed by atoms with Crippen molar-refractivity contribution in [1.82, 2.24) is 4.90 Å². The lowest BCUT2D eigenvalue weighted by molar-refractivity contribution is -0.121. The first-order valence-corrected chi connectivity index (χ1v) is 10.3. The Hall–Kier alpha value is 0.0569. The van der Waals surface area contributed by atoms with Crippen LogP contribution in [0.15, 0.2) is 0 Å². The van der Waals surface area contributed by atoms with E-state index in [1.807, 2.05) is 0 Å². The number of hydrogen-bond acceptors (Lipinski definition) is 4. The summed E-state index contributed by atoms with van der Waals surface area (Å²) in [6, 6.07) is 0.285. The molecule has 0 saturated carbocycles. The zero-order valence-electron chi connectivity index (χ0n) is 12.9. The summed E-state index contributed by atoms with van der Waals surface area (Å²) in [5.74, 6) is 0. The molecule has 112 valence electrons. The molecule has 2 aliphatic heterocycles. The van der Waals surface area contributed by atoms with E-state index in [9.17, 15) is 10.2 Å². The molecule has 0 radical (unpaired) electrons. The Morgan fingerprint density at radius 2 is 1.84 bits per heavy atom. The van der Waals surface area contributed by atoms with E-state index in [0.29, 0.717) is 6.54 Å². The molecule has 0 bridgehead atoms. The van der Waals surface area contributed by atoms with Gasteiger partial charge in [0.25, 0.3) is 0 Å². The van der Waals surface area contributed by atoms with Gasteiger partial charge in [0.1, 0.15) is 6.10 Å². The van der Waals surface area contributed by atoms with Gasteiger partial charge >= 0.3 is 0 Å². The van der Waals surface area contributed by atoms with E-state index in [0.717, 1.165) is 19.4 Å². The number of rotatable bonds is 2. The molecule has 4 nitrogen and oxygen atoms in total. The maximum absolute atomic E-state index is 10.3. The molecule has 2 heterocycles. The first-order valence-electron chi connectivity index (χ1n) is 7.41. The fourth-order valence-corrected chi connectivity index (χ4v) is 4.24. The van der Waals surface area contributed by atoms with Crippen molar-refractivity contribution >= 4 is 8.32 Å². The Kier molecular flexibility index (Phi) is 4.16. The van der Waals surface area contributed by atoms with E-state index in [4.69, 9.17) is 4.43 Å². The van der Waals surface area contributed by atoms with Crippen LogP contribution in [0.3, 0.4) is 0 Å². The van der Waals surface area contributed by atoms with Crippen LogP contribution in [0.2, 0.25) is 18.1 Å². The predicted octanol–water partition coefficient (Wildman–Crippen LogP) is 1.58. The van der Waals surface area contributed by atoms with Crippen LogP contribution in [0.5, 0.6) is 0 Å². The molecule has 2 aliphatic rings. The molecule has 2 fully saturated rings. The summed E-state index contributed by atoms with van der Waals surface area (Å²) in [5.41, 5.74) is 0. The second-order valence-electron chi connectivity index (χ2n) is 7.61. The van der Waals surface area contributed by atoms with Crippen LogP contribution in [-0.4, -0.2) is 60.9 Å². The summed E-state index contributed by atoms with van der Waals surface area (Å²) < 4.78 is 6.43. The van der Waals surface area contributed by atoms with Gasteiger partial charge in [-0.25, -0.2) is 0 Å². The molecule has 2 rings (SSSR count). The molecule has 0 aromatic rings. The molecule has 0 aromatic carbocycles. The number of hydrogen-bond donors (Lipinski definition) is 2. The van der Waals surface area contributed by atoms with Crippen molar-refractivity contribution in [3.63, 3.8) is 0 Å². The highest BCUT2D eigenvalue weighted by Gasteiger charge is 2.49. The average molecular weight is 287 g/mol. The van der Waals surface area contributed by atoms with Gasteiger partial charge in [0.2, 0.25) is 0 Å². The zero-order valence-corrected chi connectivity index (χ0v) is 13.9. The van der Waals surface area contributed by atoms with Crippen LogP contribution in [-0.2, 0) is 4.43 Å². The van der Waals surface area contributed by atoms with E-state index in [-0.39, 0.29) is 17.2 Å². The standard InChI is InChI=1S/C14H29NO3Si/c1-14(2,3)19(4,5)18-13-10-7-6-8-15(10)9-11(16)12(13)17/h10-13,16-17H,6-9H2,1-5H3/t10-,11+,12+,13+/m0/s1. The van der Waals surface area contributed by atoms with Crippen LogP contribution < -0.4 is 0 Å². The summed E-state index contributed by atoms with van der Waals surface area (Å²) in [6.07, 6.45) is 0.564. The molecule has 5 heteroatoms. The fourth-order valence-electron chi connectivity index (χ4n) is 2.91. The fraction of sp³-hybridized carbons (Fsp3) is 1.00. The van der Waals surface area contributed by atoms with Gasteiger partial charge in [-0.3, -0.25) is 4.90 Å². The van der Waals surface area contributed by atoms with E-state index in [1.165, 1.54) is 0 Å². The lowest BCUT2D eigenvalue weighted by Crippen LogP contribution is -2.62. The third kappa shape index (κ3) is 2.90. The Balaban J connectivity index is 2.16. The van der Waals surface area contributed by atoms with Gasteiger partial charge in [-0.05, 0) is 37.5 Å². The zero-order chi connectivity index (χ0) is 14.4. The maximum Gasteiger partial charge on any atom is 0.192 e. The highest BCUT2D eigenvalue weighted by molar-refractivity contribution is 6.74. The molecule has 19 heavy (non-hydrogen) atoms. The van der Waals surface area contributed by atoms with E-state index >= 15 is 0 Å². The molecule has 4 atom stereocenters. The second kappa shape index (κ2) is 5.11. The van der Waals surface area contributed by atoms with Gasteiger partial charge in [0, 0.05) is 12.6 Å². The maximum atomic E-state index is 10.3. The van der Waals surface area contributed by atoms with Crippen molar-refractivity contribution in [1.29, 1.82) is 0 Å². The average Bonchev–Trinajstić information content (AvgIpc) is 2.70. The first kappa shape index (κ1) is 15.4. The Labute approximate surface area is 117 Å². The number of piperidine rings is 1. The van der Waals surface area contributed by atoms with Gasteiger partial charge in [0.15, 0.2) is 8.32 Å². The molecular weight excluding hydrogens is 258 g/mol. The lowest BCUT2D eigenvalue weighted by atomic mass is 9.94. The van der Waals surface area contributed by atoms with Crippen LogP contribution in [0.4, 0.5) is 0 Å². The second-order valence-corrected chi connectivity index (χ2v) is 12.4. The third-order valence-corrected chi connectivity index (χ3v) is 9.66. The van der Waals surface area contributed by atoms with Gasteiger partial charge in [0.05, 0.1) is 12.2 Å². The number of aliphatic hydroxyl groups is 2. The smallest absolute Gasteiger partial charge is 0.192 e. The van der Waals surface area contributed by atoms with Crippen molar-refractivity contribution < 1.29 is 14.6 Å². The molecular formula is C14H29NO3Si.